The first-order valence-electron chi connectivity index (χ1n) is 7.35. The molecule has 1 fully saturated rings. The van der Waals surface area contributed by atoms with E-state index in [1.807, 2.05) is 35.2 Å². The van der Waals surface area contributed by atoms with Crippen molar-refractivity contribution in [3.8, 4) is 0 Å². The highest BCUT2D eigenvalue weighted by molar-refractivity contribution is 5.77. The second-order valence-electron chi connectivity index (χ2n) is 5.41. The van der Waals surface area contributed by atoms with Crippen molar-refractivity contribution < 1.29 is 4.79 Å². The van der Waals surface area contributed by atoms with Crippen LogP contribution in [-0.2, 0) is 4.79 Å². The van der Waals surface area contributed by atoms with Crippen LogP contribution in [0.5, 0.6) is 0 Å². The van der Waals surface area contributed by atoms with Crippen LogP contribution in [0, 0.1) is 0 Å². The average Bonchev–Trinajstić information content (AvgIpc) is 2.68. The number of nitrogens with one attached hydrogen (secondary N) is 1. The normalized spacial score (nSPS) is 17.6. The summed E-state index contributed by atoms with van der Waals surface area (Å²) in [5.74, 6) is 0.290. The van der Waals surface area contributed by atoms with E-state index in [1.54, 1.807) is 0 Å². The smallest absolute Gasteiger partial charge is 0.224 e. The van der Waals surface area contributed by atoms with E-state index in [2.05, 4.69) is 12.2 Å². The number of carbonyl (C=O) groups is 1. The molecule has 1 unspecified atom stereocenters. The third-order valence-electron chi connectivity index (χ3n) is 3.63. The van der Waals surface area contributed by atoms with Gasteiger partial charge < -0.3 is 10.2 Å². The first-order chi connectivity index (χ1) is 9.25. The monoisotopic (exact) mass is 260 g/mol. The Morgan fingerprint density at radius 3 is 2.42 bits per heavy atom. The van der Waals surface area contributed by atoms with Gasteiger partial charge in [0.15, 0.2) is 0 Å². The Hall–Kier alpha value is -1.51. The van der Waals surface area contributed by atoms with Gasteiger partial charge in [0.2, 0.25) is 5.91 Å². The van der Waals surface area contributed by atoms with Gasteiger partial charge in [0.05, 0.1) is 0 Å². The van der Waals surface area contributed by atoms with E-state index in [0.29, 0.717) is 6.42 Å². The van der Waals surface area contributed by atoms with Crippen molar-refractivity contribution in [2.24, 2.45) is 0 Å². The minimum Gasteiger partial charge on any atom is -0.382 e. The van der Waals surface area contributed by atoms with Gasteiger partial charge in [-0.1, -0.05) is 31.0 Å². The van der Waals surface area contributed by atoms with Gasteiger partial charge in [-0.3, -0.25) is 4.79 Å². The maximum Gasteiger partial charge on any atom is 0.224 e. The summed E-state index contributed by atoms with van der Waals surface area (Å²) in [6.45, 7) is 3.95. The van der Waals surface area contributed by atoms with Crippen molar-refractivity contribution in [2.45, 2.75) is 45.1 Å². The topological polar surface area (TPSA) is 32.3 Å². The standard InChI is InChI=1S/C16H24N2O/c1-14(17-15-9-5-4-6-10-15)13-16(19)18-11-7-2-3-8-12-18/h4-6,9-10,14,17H,2-3,7-8,11-13H2,1H3. The van der Waals surface area contributed by atoms with Crippen molar-refractivity contribution >= 4 is 11.6 Å². The number of anilines is 1. The van der Waals surface area contributed by atoms with E-state index >= 15 is 0 Å². The third kappa shape index (κ3) is 4.58. The zero-order chi connectivity index (χ0) is 13.5. The largest absolute Gasteiger partial charge is 0.382 e. The number of para-hydroxylation sites is 1. The van der Waals surface area contributed by atoms with E-state index in [1.165, 1.54) is 12.8 Å². The maximum atomic E-state index is 12.2. The Balaban J connectivity index is 1.80. The molecule has 1 N–H and O–H groups in total. The lowest BCUT2D eigenvalue weighted by molar-refractivity contribution is -0.131. The highest BCUT2D eigenvalue weighted by atomic mass is 16.2. The molecule has 0 aromatic heterocycles. The van der Waals surface area contributed by atoms with Gasteiger partial charge in [0.25, 0.3) is 0 Å². The third-order valence-corrected chi connectivity index (χ3v) is 3.63. The number of amides is 1. The summed E-state index contributed by atoms with van der Waals surface area (Å²) in [5.41, 5.74) is 1.08. The van der Waals surface area contributed by atoms with Crippen molar-refractivity contribution in [3.63, 3.8) is 0 Å². The molecule has 0 saturated carbocycles. The van der Waals surface area contributed by atoms with Gasteiger partial charge >= 0.3 is 0 Å². The van der Waals surface area contributed by atoms with Crippen LogP contribution in [0.1, 0.15) is 39.0 Å². The molecule has 1 atom stereocenters. The fourth-order valence-corrected chi connectivity index (χ4v) is 2.58. The molecule has 1 heterocycles. The summed E-state index contributed by atoms with van der Waals surface area (Å²) in [6, 6.07) is 10.3. The Kier molecular flexibility index (Phi) is 5.25. The number of likely N-dealkylation sites (tertiary alicyclic amines) is 1. The molecule has 104 valence electrons. The zero-order valence-corrected chi connectivity index (χ0v) is 11.8. The fraction of sp³-hybridized carbons (Fsp3) is 0.562. The lowest BCUT2D eigenvalue weighted by Crippen LogP contribution is -2.35. The highest BCUT2D eigenvalue weighted by Gasteiger charge is 2.17. The second kappa shape index (κ2) is 7.17. The number of nitrogens with zero attached hydrogens (tertiary/aromatic N) is 1. The Morgan fingerprint density at radius 1 is 1.16 bits per heavy atom. The Bertz CT molecular complexity index is 383. The molecule has 1 aliphatic rings. The Labute approximate surface area is 116 Å². The minimum absolute atomic E-state index is 0.179. The number of hydrogen-bond acceptors (Lipinski definition) is 2. The van der Waals surface area contributed by atoms with E-state index in [4.69, 9.17) is 0 Å². The molecule has 19 heavy (non-hydrogen) atoms. The summed E-state index contributed by atoms with van der Waals surface area (Å²) >= 11 is 0. The molecule has 3 nitrogen and oxygen atoms in total. The van der Waals surface area contributed by atoms with Crippen LogP contribution in [0.4, 0.5) is 5.69 Å². The lowest BCUT2D eigenvalue weighted by atomic mass is 10.2. The van der Waals surface area contributed by atoms with Crippen LogP contribution in [0.2, 0.25) is 0 Å². The molecular formula is C16H24N2O. The minimum atomic E-state index is 0.179. The number of hydrogen-bond donors (Lipinski definition) is 1. The van der Waals surface area contributed by atoms with E-state index < -0.39 is 0 Å². The Morgan fingerprint density at radius 2 is 1.79 bits per heavy atom. The van der Waals surface area contributed by atoms with Crippen molar-refractivity contribution in [1.82, 2.24) is 4.90 Å². The van der Waals surface area contributed by atoms with Crippen molar-refractivity contribution in [3.05, 3.63) is 30.3 Å². The number of carbonyl (C=O) groups excluding carboxylic acids is 1. The predicted molar refractivity (Wildman–Crippen MR) is 79.2 cm³/mol. The molecule has 1 aromatic rings. The quantitative estimate of drug-likeness (QED) is 0.901. The van der Waals surface area contributed by atoms with E-state index in [9.17, 15) is 4.79 Å². The van der Waals surface area contributed by atoms with Gasteiger partial charge in [-0.25, -0.2) is 0 Å². The van der Waals surface area contributed by atoms with E-state index in [0.717, 1.165) is 31.6 Å². The molecule has 0 spiro atoms. The SMILES string of the molecule is CC(CC(=O)N1CCCCCC1)Nc1ccccc1. The van der Waals surface area contributed by atoms with Crippen LogP contribution in [0.15, 0.2) is 30.3 Å². The molecule has 0 aliphatic carbocycles. The molecule has 0 radical (unpaired) electrons. The highest BCUT2D eigenvalue weighted by Crippen LogP contribution is 2.13. The number of rotatable bonds is 4. The van der Waals surface area contributed by atoms with Crippen LogP contribution in [0.3, 0.4) is 0 Å². The molecule has 1 aliphatic heterocycles. The van der Waals surface area contributed by atoms with Gasteiger partial charge in [0, 0.05) is 31.2 Å². The molecule has 1 aromatic carbocycles. The molecule has 2 rings (SSSR count). The maximum absolute atomic E-state index is 12.2. The summed E-state index contributed by atoms with van der Waals surface area (Å²) in [4.78, 5) is 14.3. The first-order valence-corrected chi connectivity index (χ1v) is 7.35. The summed E-state index contributed by atoms with van der Waals surface area (Å²) in [7, 11) is 0. The predicted octanol–water partition coefficient (Wildman–Crippen LogP) is 3.28. The van der Waals surface area contributed by atoms with Crippen molar-refractivity contribution in [1.29, 1.82) is 0 Å². The van der Waals surface area contributed by atoms with Gasteiger partial charge in [-0.05, 0) is 31.9 Å². The van der Waals surface area contributed by atoms with Gasteiger partial charge in [-0.15, -0.1) is 0 Å². The first kappa shape index (κ1) is 13.9. The molecule has 3 heteroatoms. The van der Waals surface area contributed by atoms with E-state index in [-0.39, 0.29) is 11.9 Å². The van der Waals surface area contributed by atoms with Crippen LogP contribution in [0.25, 0.3) is 0 Å². The van der Waals surface area contributed by atoms with Crippen LogP contribution in [-0.4, -0.2) is 29.9 Å². The molecule has 1 amide bonds. The zero-order valence-electron chi connectivity index (χ0n) is 11.8. The lowest BCUT2D eigenvalue weighted by Gasteiger charge is -2.23. The van der Waals surface area contributed by atoms with Gasteiger partial charge in [0.1, 0.15) is 0 Å². The van der Waals surface area contributed by atoms with Crippen LogP contribution >= 0.6 is 0 Å². The average molecular weight is 260 g/mol. The summed E-state index contributed by atoms with van der Waals surface area (Å²) in [5, 5.41) is 3.38. The molecule has 1 saturated heterocycles. The fourth-order valence-electron chi connectivity index (χ4n) is 2.58. The second-order valence-corrected chi connectivity index (χ2v) is 5.41. The molecule has 0 bridgehead atoms. The van der Waals surface area contributed by atoms with Crippen molar-refractivity contribution in [2.75, 3.05) is 18.4 Å². The summed E-state index contributed by atoms with van der Waals surface area (Å²) < 4.78 is 0. The summed E-state index contributed by atoms with van der Waals surface area (Å²) in [6.07, 6.45) is 5.43. The number of benzene rings is 1. The van der Waals surface area contributed by atoms with Gasteiger partial charge in [-0.2, -0.15) is 0 Å². The molecular weight excluding hydrogens is 236 g/mol. The van der Waals surface area contributed by atoms with Crippen LogP contribution < -0.4 is 5.32 Å².